The van der Waals surface area contributed by atoms with Crippen LogP contribution in [0.4, 0.5) is 27.8 Å². The molecule has 0 saturated heterocycles. The van der Waals surface area contributed by atoms with Crippen LogP contribution in [0.5, 0.6) is 5.88 Å². The second-order valence-electron chi connectivity index (χ2n) is 3.71. The van der Waals surface area contributed by atoms with Crippen LogP contribution in [0.3, 0.4) is 0 Å². The summed E-state index contributed by atoms with van der Waals surface area (Å²) in [7, 11) is 0.882. The lowest BCUT2D eigenvalue weighted by molar-refractivity contribution is -0.390. The highest BCUT2D eigenvalue weighted by Crippen LogP contribution is 2.34. The Kier molecular flexibility index (Phi) is 5.17. The molecule has 0 amide bonds. The first-order valence-corrected chi connectivity index (χ1v) is 5.34. The Morgan fingerprint density at radius 3 is 2.45 bits per heavy atom. The van der Waals surface area contributed by atoms with Gasteiger partial charge >= 0.3 is 24.0 Å². The molecule has 12 heteroatoms. The van der Waals surface area contributed by atoms with Gasteiger partial charge in [0.1, 0.15) is 0 Å². The summed E-state index contributed by atoms with van der Waals surface area (Å²) in [5.74, 6) is -3.92. The van der Waals surface area contributed by atoms with Gasteiger partial charge in [-0.3, -0.25) is 4.79 Å². The number of esters is 1. The molecule has 22 heavy (non-hydrogen) atoms. The predicted octanol–water partition coefficient (Wildman–Crippen LogP) is 2.54. The van der Waals surface area contributed by atoms with E-state index in [1.165, 1.54) is 0 Å². The monoisotopic (exact) mass is 330 g/mol. The maximum Gasteiger partial charge on any atom is 0.575 e. The van der Waals surface area contributed by atoms with Crippen molar-refractivity contribution in [2.45, 2.75) is 19.2 Å². The number of hydrogen-bond acceptors (Lipinski definition) is 6. The van der Waals surface area contributed by atoms with E-state index < -0.39 is 52.9 Å². The van der Waals surface area contributed by atoms with Gasteiger partial charge < -0.3 is 19.6 Å². The number of ether oxygens (including phenoxy) is 2. The van der Waals surface area contributed by atoms with Gasteiger partial charge in [0.15, 0.2) is 0 Å². The van der Waals surface area contributed by atoms with Crippen LogP contribution >= 0.6 is 0 Å². The van der Waals surface area contributed by atoms with Crippen LogP contribution in [0, 0.1) is 10.1 Å². The van der Waals surface area contributed by atoms with Gasteiger partial charge in [-0.15, -0.1) is 13.2 Å². The van der Waals surface area contributed by atoms with Crippen LogP contribution in [-0.4, -0.2) is 29.3 Å². The quantitative estimate of drug-likeness (QED) is 0.357. The topological polar surface area (TPSA) is 91.6 Å². The van der Waals surface area contributed by atoms with Crippen molar-refractivity contribution >= 4 is 11.8 Å². The van der Waals surface area contributed by atoms with E-state index >= 15 is 0 Å². The summed E-state index contributed by atoms with van der Waals surface area (Å²) < 4.78 is 70.2. The lowest BCUT2D eigenvalue weighted by Crippen LogP contribution is -2.21. The smallest absolute Gasteiger partial charge is 0.469 e. The fourth-order valence-corrected chi connectivity index (χ4v) is 1.43. The highest BCUT2D eigenvalue weighted by Gasteiger charge is 2.38. The molecular formula is C10H7F5N2O5. The standard InChI is InChI=1S/C10H7F5N2O5/c1-21-7(18)3-5-4(8(11)12)2-6(17(19)20)16-9(5)22-10(13,14)15/h2,8H,3H2,1H3. The van der Waals surface area contributed by atoms with E-state index in [0.29, 0.717) is 0 Å². The first-order valence-electron chi connectivity index (χ1n) is 5.34. The third kappa shape index (κ3) is 4.49. The SMILES string of the molecule is COC(=O)Cc1c(C(F)F)cc([N+](=O)[O-])nc1OC(F)(F)F. The Labute approximate surface area is 118 Å². The van der Waals surface area contributed by atoms with Crippen molar-refractivity contribution in [1.29, 1.82) is 0 Å². The third-order valence-corrected chi connectivity index (χ3v) is 2.29. The number of carbonyl (C=O) groups is 1. The summed E-state index contributed by atoms with van der Waals surface area (Å²) in [5.41, 5.74) is -2.11. The first-order chi connectivity index (χ1) is 10.0. The number of nitrogens with zero attached hydrogens (tertiary/aromatic N) is 2. The summed E-state index contributed by atoms with van der Waals surface area (Å²) in [5, 5.41) is 10.6. The van der Waals surface area contributed by atoms with Crippen LogP contribution in [-0.2, 0) is 16.0 Å². The number of pyridine rings is 1. The van der Waals surface area contributed by atoms with Gasteiger partial charge in [0.2, 0.25) is 0 Å². The number of methoxy groups -OCH3 is 1. The molecule has 0 aromatic carbocycles. The van der Waals surface area contributed by atoms with Crippen molar-refractivity contribution in [2.75, 3.05) is 7.11 Å². The minimum absolute atomic E-state index is 0.270. The molecule has 0 bridgehead atoms. The summed E-state index contributed by atoms with van der Waals surface area (Å²) in [6, 6.07) is 0.270. The number of alkyl halides is 5. The van der Waals surface area contributed by atoms with E-state index in [0.717, 1.165) is 7.11 Å². The summed E-state index contributed by atoms with van der Waals surface area (Å²) in [4.78, 5) is 23.3. The molecule has 0 unspecified atom stereocenters. The molecule has 0 N–H and O–H groups in total. The van der Waals surface area contributed by atoms with Gasteiger partial charge in [-0.1, -0.05) is 0 Å². The lowest BCUT2D eigenvalue weighted by atomic mass is 10.1. The Hall–Kier alpha value is -2.53. The molecular weight excluding hydrogens is 323 g/mol. The molecule has 0 aliphatic rings. The molecule has 0 atom stereocenters. The Morgan fingerprint density at radius 1 is 1.45 bits per heavy atom. The van der Waals surface area contributed by atoms with E-state index in [1.807, 2.05) is 0 Å². The number of aromatic nitrogens is 1. The van der Waals surface area contributed by atoms with Crippen molar-refractivity contribution < 1.29 is 41.1 Å². The second kappa shape index (κ2) is 6.49. The van der Waals surface area contributed by atoms with Gasteiger partial charge in [0.05, 0.1) is 19.1 Å². The van der Waals surface area contributed by atoms with Crippen LogP contribution in [0.25, 0.3) is 0 Å². The molecule has 0 radical (unpaired) electrons. The van der Waals surface area contributed by atoms with Gasteiger partial charge in [0, 0.05) is 16.6 Å². The molecule has 1 aromatic rings. The van der Waals surface area contributed by atoms with Crippen LogP contribution < -0.4 is 4.74 Å². The second-order valence-corrected chi connectivity index (χ2v) is 3.71. The average molecular weight is 330 g/mol. The lowest BCUT2D eigenvalue weighted by Gasteiger charge is -2.12. The minimum atomic E-state index is -5.34. The van der Waals surface area contributed by atoms with Crippen LogP contribution in [0.2, 0.25) is 0 Å². The number of carbonyl (C=O) groups excluding carboxylic acids is 1. The van der Waals surface area contributed by atoms with Gasteiger partial charge in [-0.2, -0.15) is 0 Å². The van der Waals surface area contributed by atoms with Crippen molar-refractivity contribution in [3.8, 4) is 5.88 Å². The van der Waals surface area contributed by atoms with Crippen molar-refractivity contribution in [3.05, 3.63) is 27.3 Å². The molecule has 122 valence electrons. The zero-order chi connectivity index (χ0) is 17.1. The highest BCUT2D eigenvalue weighted by atomic mass is 19.4. The molecule has 0 spiro atoms. The molecule has 0 aliphatic heterocycles. The zero-order valence-corrected chi connectivity index (χ0v) is 10.7. The summed E-state index contributed by atoms with van der Waals surface area (Å²) in [6.45, 7) is 0. The maximum atomic E-state index is 12.9. The largest absolute Gasteiger partial charge is 0.575 e. The van der Waals surface area contributed by atoms with E-state index in [1.54, 1.807) is 0 Å². The normalized spacial score (nSPS) is 11.4. The Morgan fingerprint density at radius 2 is 2.05 bits per heavy atom. The molecule has 0 fully saturated rings. The summed E-state index contributed by atoms with van der Waals surface area (Å²) in [6.07, 6.45) is -9.75. The Bertz CT molecular complexity index is 590. The van der Waals surface area contributed by atoms with Gasteiger partial charge in [-0.25, -0.2) is 8.78 Å². The van der Waals surface area contributed by atoms with Crippen molar-refractivity contribution in [1.82, 2.24) is 4.98 Å². The molecule has 7 nitrogen and oxygen atoms in total. The number of nitro groups is 1. The predicted molar refractivity (Wildman–Crippen MR) is 58.3 cm³/mol. The van der Waals surface area contributed by atoms with E-state index in [-0.39, 0.29) is 6.07 Å². The van der Waals surface area contributed by atoms with E-state index in [9.17, 15) is 36.9 Å². The van der Waals surface area contributed by atoms with Gasteiger partial charge in [-0.05, 0) is 4.92 Å². The molecule has 0 aliphatic carbocycles. The fraction of sp³-hybridized carbons (Fsp3) is 0.400. The first kappa shape index (κ1) is 17.5. The molecule has 1 aromatic heterocycles. The van der Waals surface area contributed by atoms with Crippen LogP contribution in [0.1, 0.15) is 17.6 Å². The van der Waals surface area contributed by atoms with Crippen molar-refractivity contribution in [2.24, 2.45) is 0 Å². The van der Waals surface area contributed by atoms with Crippen LogP contribution in [0.15, 0.2) is 6.07 Å². The fourth-order valence-electron chi connectivity index (χ4n) is 1.43. The van der Waals surface area contributed by atoms with Crippen molar-refractivity contribution in [3.63, 3.8) is 0 Å². The zero-order valence-electron chi connectivity index (χ0n) is 10.7. The highest BCUT2D eigenvalue weighted by molar-refractivity contribution is 5.74. The molecule has 1 heterocycles. The Balaban J connectivity index is 3.51. The third-order valence-electron chi connectivity index (χ3n) is 2.29. The number of rotatable bonds is 5. The average Bonchev–Trinajstić information content (AvgIpc) is 2.37. The van der Waals surface area contributed by atoms with Gasteiger partial charge in [0.25, 0.3) is 6.43 Å². The minimum Gasteiger partial charge on any atom is -0.469 e. The summed E-state index contributed by atoms with van der Waals surface area (Å²) >= 11 is 0. The van der Waals surface area contributed by atoms with E-state index in [2.05, 4.69) is 14.5 Å². The number of halogens is 5. The molecule has 1 rings (SSSR count). The molecule has 0 saturated carbocycles. The van der Waals surface area contributed by atoms with E-state index in [4.69, 9.17) is 0 Å². The maximum absolute atomic E-state index is 12.9. The number of hydrogen-bond donors (Lipinski definition) is 0.